The summed E-state index contributed by atoms with van der Waals surface area (Å²) >= 11 is 0. The maximum atomic E-state index is 13.3. The van der Waals surface area contributed by atoms with E-state index < -0.39 is 15.9 Å². The summed E-state index contributed by atoms with van der Waals surface area (Å²) in [5.41, 5.74) is 6.22. The third-order valence-corrected chi connectivity index (χ3v) is 6.98. The van der Waals surface area contributed by atoms with E-state index >= 15 is 0 Å². The van der Waals surface area contributed by atoms with E-state index in [0.29, 0.717) is 6.42 Å². The highest BCUT2D eigenvalue weighted by Gasteiger charge is 2.26. The van der Waals surface area contributed by atoms with Crippen molar-refractivity contribution in [2.45, 2.75) is 38.1 Å². The molecule has 0 aliphatic heterocycles. The van der Waals surface area contributed by atoms with Gasteiger partial charge in [0.15, 0.2) is 0 Å². The average molecular weight is 464 g/mol. The second kappa shape index (κ2) is 11.5. The molecule has 0 unspecified atom stereocenters. The van der Waals surface area contributed by atoms with Crippen LogP contribution in [0.1, 0.15) is 30.0 Å². The number of carbonyl (C=O) groups is 1. The molecule has 0 aliphatic carbocycles. The largest absolute Gasteiger partial charge is 0.272 e. The number of hydrogen-bond donors (Lipinski definition) is 1. The topological polar surface area (TPSA) is 78.8 Å². The van der Waals surface area contributed by atoms with E-state index in [9.17, 15) is 13.2 Å². The molecule has 7 heteroatoms. The maximum absolute atomic E-state index is 13.3. The first-order valence-electron chi connectivity index (χ1n) is 10.8. The van der Waals surface area contributed by atoms with Gasteiger partial charge in [-0.25, -0.2) is 13.8 Å². The van der Waals surface area contributed by atoms with E-state index in [0.717, 1.165) is 23.3 Å². The molecule has 3 aromatic rings. The quantitative estimate of drug-likeness (QED) is 0.359. The zero-order chi connectivity index (χ0) is 23.7. The minimum absolute atomic E-state index is 0.0845. The number of amides is 1. The van der Waals surface area contributed by atoms with Gasteiger partial charge >= 0.3 is 0 Å². The van der Waals surface area contributed by atoms with Crippen molar-refractivity contribution in [3.63, 3.8) is 0 Å². The van der Waals surface area contributed by atoms with Crippen LogP contribution in [0.2, 0.25) is 0 Å². The first kappa shape index (κ1) is 24.4. The monoisotopic (exact) mass is 463 g/mol. The van der Waals surface area contributed by atoms with Gasteiger partial charge in [0.05, 0.1) is 11.4 Å². The molecule has 0 aliphatic rings. The minimum atomic E-state index is -3.87. The van der Waals surface area contributed by atoms with E-state index in [1.54, 1.807) is 24.3 Å². The fourth-order valence-electron chi connectivity index (χ4n) is 3.25. The standard InChI is InChI=1S/C26H29N3O3S/c1-21-13-17-25(18-14-21)33(31,32)29(19-24-11-7-4-8-12-24)20-26(30)28-27-22(2)15-16-23-9-5-3-6-10-23/h3-14,17-18H,15-16,19-20H2,1-2H3,(H,28,30)/b27-22+. The maximum Gasteiger partial charge on any atom is 0.255 e. The van der Waals surface area contributed by atoms with Crippen LogP contribution in [0.25, 0.3) is 0 Å². The molecule has 0 atom stereocenters. The summed E-state index contributed by atoms with van der Waals surface area (Å²) in [5.74, 6) is -0.485. The summed E-state index contributed by atoms with van der Waals surface area (Å²) < 4.78 is 27.8. The predicted octanol–water partition coefficient (Wildman–Crippen LogP) is 4.31. The highest BCUT2D eigenvalue weighted by atomic mass is 32.2. The number of sulfonamides is 1. The number of carbonyl (C=O) groups excluding carboxylic acids is 1. The number of benzene rings is 3. The summed E-state index contributed by atoms with van der Waals surface area (Å²) in [6, 6.07) is 25.9. The number of rotatable bonds is 10. The lowest BCUT2D eigenvalue weighted by molar-refractivity contribution is -0.121. The fourth-order valence-corrected chi connectivity index (χ4v) is 4.64. The molecule has 3 rings (SSSR count). The van der Waals surface area contributed by atoms with Crippen molar-refractivity contribution in [3.8, 4) is 0 Å². The molecule has 6 nitrogen and oxygen atoms in total. The minimum Gasteiger partial charge on any atom is -0.272 e. The van der Waals surface area contributed by atoms with E-state index in [4.69, 9.17) is 0 Å². The van der Waals surface area contributed by atoms with Crippen molar-refractivity contribution in [1.29, 1.82) is 0 Å². The number of nitrogens with one attached hydrogen (secondary N) is 1. The van der Waals surface area contributed by atoms with Gasteiger partial charge in [-0.3, -0.25) is 4.79 Å². The van der Waals surface area contributed by atoms with Gasteiger partial charge < -0.3 is 0 Å². The molecule has 3 aromatic carbocycles. The van der Waals surface area contributed by atoms with Crippen LogP contribution in [0, 0.1) is 6.92 Å². The zero-order valence-electron chi connectivity index (χ0n) is 18.9. The summed E-state index contributed by atoms with van der Waals surface area (Å²) in [6.45, 7) is 3.49. The molecular weight excluding hydrogens is 434 g/mol. The Hall–Kier alpha value is -3.29. The molecule has 0 saturated carbocycles. The van der Waals surface area contributed by atoms with Gasteiger partial charge in [0.25, 0.3) is 5.91 Å². The van der Waals surface area contributed by atoms with Crippen molar-refractivity contribution in [1.82, 2.24) is 9.73 Å². The molecule has 0 radical (unpaired) electrons. The Morgan fingerprint density at radius 2 is 1.45 bits per heavy atom. The first-order valence-corrected chi connectivity index (χ1v) is 12.3. The predicted molar refractivity (Wildman–Crippen MR) is 131 cm³/mol. The smallest absolute Gasteiger partial charge is 0.255 e. The summed E-state index contributed by atoms with van der Waals surface area (Å²) in [4.78, 5) is 12.8. The average Bonchev–Trinajstić information content (AvgIpc) is 2.82. The van der Waals surface area contributed by atoms with Gasteiger partial charge in [0, 0.05) is 12.3 Å². The molecule has 1 N–H and O–H groups in total. The number of hydrogen-bond acceptors (Lipinski definition) is 4. The third-order valence-electron chi connectivity index (χ3n) is 5.17. The van der Waals surface area contributed by atoms with Gasteiger partial charge in [-0.05, 0) is 49.9 Å². The number of nitrogens with zero attached hydrogens (tertiary/aromatic N) is 2. The van der Waals surface area contributed by atoms with Crippen molar-refractivity contribution in [3.05, 3.63) is 102 Å². The van der Waals surface area contributed by atoms with Crippen LogP contribution < -0.4 is 5.43 Å². The van der Waals surface area contributed by atoms with Gasteiger partial charge in [0.1, 0.15) is 0 Å². The van der Waals surface area contributed by atoms with Crippen molar-refractivity contribution in [2.24, 2.45) is 5.10 Å². The van der Waals surface area contributed by atoms with Crippen molar-refractivity contribution >= 4 is 21.6 Å². The van der Waals surface area contributed by atoms with E-state index in [2.05, 4.69) is 10.5 Å². The Balaban J connectivity index is 1.69. The Bertz CT molecular complexity index is 1180. The van der Waals surface area contributed by atoms with Gasteiger partial charge in [0.2, 0.25) is 10.0 Å². The Morgan fingerprint density at radius 1 is 0.879 bits per heavy atom. The molecule has 0 aromatic heterocycles. The Kier molecular flexibility index (Phi) is 8.52. The molecule has 0 bridgehead atoms. The lowest BCUT2D eigenvalue weighted by atomic mass is 10.1. The molecule has 0 heterocycles. The summed E-state index contributed by atoms with van der Waals surface area (Å²) in [6.07, 6.45) is 1.51. The van der Waals surface area contributed by atoms with Crippen LogP contribution in [0.3, 0.4) is 0 Å². The SMILES string of the molecule is C/C(CCc1ccccc1)=N\NC(=O)CN(Cc1ccccc1)S(=O)(=O)c1ccc(C)cc1. The lowest BCUT2D eigenvalue weighted by Gasteiger charge is -2.21. The molecule has 33 heavy (non-hydrogen) atoms. The zero-order valence-corrected chi connectivity index (χ0v) is 19.8. The Labute approximate surface area is 196 Å². The number of hydrazone groups is 1. The molecule has 0 fully saturated rings. The highest BCUT2D eigenvalue weighted by Crippen LogP contribution is 2.19. The highest BCUT2D eigenvalue weighted by molar-refractivity contribution is 7.89. The van der Waals surface area contributed by atoms with Crippen LogP contribution in [0.5, 0.6) is 0 Å². The van der Waals surface area contributed by atoms with Gasteiger partial charge in [-0.1, -0.05) is 78.4 Å². The van der Waals surface area contributed by atoms with E-state index in [1.165, 1.54) is 9.87 Å². The Morgan fingerprint density at radius 3 is 2.06 bits per heavy atom. The second-order valence-electron chi connectivity index (χ2n) is 7.94. The van der Waals surface area contributed by atoms with Crippen LogP contribution in [0.4, 0.5) is 0 Å². The molecule has 1 amide bonds. The van der Waals surface area contributed by atoms with Crippen LogP contribution in [0.15, 0.2) is 94.9 Å². The molecule has 0 spiro atoms. The summed E-state index contributed by atoms with van der Waals surface area (Å²) in [7, 11) is -3.87. The lowest BCUT2D eigenvalue weighted by Crippen LogP contribution is -2.39. The normalized spacial score (nSPS) is 12.0. The van der Waals surface area contributed by atoms with Crippen molar-refractivity contribution in [2.75, 3.05) is 6.54 Å². The van der Waals surface area contributed by atoms with Crippen LogP contribution in [-0.4, -0.2) is 30.9 Å². The van der Waals surface area contributed by atoms with Gasteiger partial charge in [-0.15, -0.1) is 0 Å². The fraction of sp³-hybridized carbons (Fsp3) is 0.231. The van der Waals surface area contributed by atoms with Crippen molar-refractivity contribution < 1.29 is 13.2 Å². The molecular formula is C26H29N3O3S. The number of aryl methyl sites for hydroxylation is 2. The van der Waals surface area contributed by atoms with Gasteiger partial charge in [-0.2, -0.15) is 9.41 Å². The first-order chi connectivity index (χ1) is 15.8. The molecule has 0 saturated heterocycles. The van der Waals surface area contributed by atoms with Crippen LogP contribution >= 0.6 is 0 Å². The summed E-state index contributed by atoms with van der Waals surface area (Å²) in [5, 5.41) is 4.16. The third kappa shape index (κ3) is 7.37. The molecule has 172 valence electrons. The van der Waals surface area contributed by atoms with Crippen LogP contribution in [-0.2, 0) is 27.8 Å². The van der Waals surface area contributed by atoms with E-state index in [1.807, 2.05) is 74.5 Å². The second-order valence-corrected chi connectivity index (χ2v) is 9.88. The van der Waals surface area contributed by atoms with E-state index in [-0.39, 0.29) is 18.0 Å².